The molecule has 6 heteroatoms. The second-order valence-corrected chi connectivity index (χ2v) is 5.19. The molecule has 118 valence electrons. The Balaban J connectivity index is 2.13. The first-order valence-electron chi connectivity index (χ1n) is 7.23. The smallest absolute Gasteiger partial charge is 0.124 e. The fourth-order valence-electron chi connectivity index (χ4n) is 2.51. The zero-order valence-corrected chi connectivity index (χ0v) is 12.7. The van der Waals surface area contributed by atoms with Crippen LogP contribution in [0.1, 0.15) is 11.6 Å². The minimum absolute atomic E-state index is 0.000857. The summed E-state index contributed by atoms with van der Waals surface area (Å²) in [6.07, 6.45) is 0.000857. The number of methoxy groups -OCH3 is 1. The molecule has 2 unspecified atom stereocenters. The van der Waals surface area contributed by atoms with E-state index in [1.165, 1.54) is 0 Å². The number of likely N-dealkylation sites (N-methyl/N-ethyl adjacent to an activating group) is 1. The number of nitrogens with two attached hydrogens (primary N) is 1. The van der Waals surface area contributed by atoms with Crippen molar-refractivity contribution in [3.8, 4) is 5.75 Å². The topological polar surface area (TPSA) is 69.0 Å². The number of hydrogen-bond donors (Lipinski definition) is 2. The molecular weight excluding hydrogens is 270 g/mol. The number of ether oxygens (including phenoxy) is 3. The predicted molar refractivity (Wildman–Crippen MR) is 81.1 cm³/mol. The van der Waals surface area contributed by atoms with Crippen LogP contribution < -0.4 is 16.0 Å². The Morgan fingerprint density at radius 2 is 2.24 bits per heavy atom. The molecule has 21 heavy (non-hydrogen) atoms. The number of morpholine rings is 1. The van der Waals surface area contributed by atoms with Crippen LogP contribution in [0.15, 0.2) is 24.3 Å². The Hall–Kier alpha value is -1.18. The molecule has 2 atom stereocenters. The van der Waals surface area contributed by atoms with Crippen LogP contribution in [-0.4, -0.2) is 58.1 Å². The van der Waals surface area contributed by atoms with Gasteiger partial charge in [0.2, 0.25) is 0 Å². The lowest BCUT2D eigenvalue weighted by Gasteiger charge is -2.35. The van der Waals surface area contributed by atoms with Gasteiger partial charge >= 0.3 is 0 Å². The molecule has 2 rings (SSSR count). The molecule has 0 amide bonds. The highest BCUT2D eigenvalue weighted by atomic mass is 16.5. The quantitative estimate of drug-likeness (QED) is 0.435. The van der Waals surface area contributed by atoms with Crippen molar-refractivity contribution in [3.63, 3.8) is 0 Å². The highest BCUT2D eigenvalue weighted by molar-refractivity contribution is 5.36. The summed E-state index contributed by atoms with van der Waals surface area (Å²) in [4.78, 5) is 2.24. The van der Waals surface area contributed by atoms with Gasteiger partial charge in [-0.05, 0) is 13.1 Å². The zero-order chi connectivity index (χ0) is 15.1. The van der Waals surface area contributed by atoms with Crippen LogP contribution in [0.4, 0.5) is 0 Å². The van der Waals surface area contributed by atoms with Crippen LogP contribution in [0, 0.1) is 0 Å². The van der Waals surface area contributed by atoms with E-state index in [-0.39, 0.29) is 12.1 Å². The summed E-state index contributed by atoms with van der Waals surface area (Å²) in [5.74, 6) is 6.59. The average Bonchev–Trinajstić information content (AvgIpc) is 2.50. The molecule has 0 bridgehead atoms. The van der Waals surface area contributed by atoms with Crippen LogP contribution in [-0.2, 0) is 9.47 Å². The van der Waals surface area contributed by atoms with E-state index in [2.05, 4.69) is 17.4 Å². The van der Waals surface area contributed by atoms with E-state index in [0.29, 0.717) is 19.8 Å². The third-order valence-electron chi connectivity index (χ3n) is 3.65. The molecule has 1 aliphatic rings. The van der Waals surface area contributed by atoms with Crippen LogP contribution in [0.5, 0.6) is 5.75 Å². The Morgan fingerprint density at radius 1 is 1.43 bits per heavy atom. The molecule has 0 aromatic heterocycles. The zero-order valence-electron chi connectivity index (χ0n) is 12.7. The number of hydrazine groups is 1. The summed E-state index contributed by atoms with van der Waals surface area (Å²) >= 11 is 0. The number of hydrogen-bond acceptors (Lipinski definition) is 6. The second-order valence-electron chi connectivity index (χ2n) is 5.19. The Bertz CT molecular complexity index is 430. The summed E-state index contributed by atoms with van der Waals surface area (Å²) in [6, 6.07) is 7.79. The van der Waals surface area contributed by atoms with Crippen LogP contribution in [0.2, 0.25) is 0 Å². The van der Waals surface area contributed by atoms with Crippen molar-refractivity contribution in [1.82, 2.24) is 10.3 Å². The molecule has 0 aliphatic carbocycles. The number of rotatable bonds is 7. The highest BCUT2D eigenvalue weighted by Crippen LogP contribution is 2.29. The van der Waals surface area contributed by atoms with E-state index >= 15 is 0 Å². The van der Waals surface area contributed by atoms with Crippen LogP contribution in [0.3, 0.4) is 0 Å². The first-order valence-corrected chi connectivity index (χ1v) is 7.23. The average molecular weight is 295 g/mol. The lowest BCUT2D eigenvalue weighted by atomic mass is 9.99. The van der Waals surface area contributed by atoms with Gasteiger partial charge < -0.3 is 19.1 Å². The van der Waals surface area contributed by atoms with E-state index in [4.69, 9.17) is 20.1 Å². The summed E-state index contributed by atoms with van der Waals surface area (Å²) in [6.45, 7) is 3.56. The lowest BCUT2D eigenvalue weighted by molar-refractivity contribution is -0.0397. The maximum atomic E-state index is 5.87. The summed E-state index contributed by atoms with van der Waals surface area (Å²) < 4.78 is 16.7. The van der Waals surface area contributed by atoms with E-state index in [1.807, 2.05) is 24.3 Å². The summed E-state index contributed by atoms with van der Waals surface area (Å²) in [7, 11) is 3.75. The third kappa shape index (κ3) is 4.39. The Kier molecular flexibility index (Phi) is 6.41. The molecule has 0 spiro atoms. The molecule has 1 aliphatic heterocycles. The predicted octanol–water partition coefficient (Wildman–Crippen LogP) is 0.547. The number of para-hydroxylation sites is 1. The molecule has 1 fully saturated rings. The fourth-order valence-corrected chi connectivity index (χ4v) is 2.51. The van der Waals surface area contributed by atoms with E-state index in [1.54, 1.807) is 7.11 Å². The van der Waals surface area contributed by atoms with Gasteiger partial charge in [-0.15, -0.1) is 0 Å². The summed E-state index contributed by atoms with van der Waals surface area (Å²) in [5, 5.41) is 0. The molecule has 0 radical (unpaired) electrons. The molecule has 1 aromatic carbocycles. The molecular formula is C15H25N3O3. The maximum Gasteiger partial charge on any atom is 0.124 e. The number of benzene rings is 1. The standard InChI is InChI=1S/C15H25N3O3/c1-18-7-8-20-14(11-18)15(17-16)12-5-3-4-6-13(12)21-10-9-19-2/h3-6,14-15,17H,7-11,16H2,1-2H3. The van der Waals surface area contributed by atoms with Gasteiger partial charge in [0.25, 0.3) is 0 Å². The maximum absolute atomic E-state index is 5.87. The van der Waals surface area contributed by atoms with Gasteiger partial charge in [-0.2, -0.15) is 0 Å². The van der Waals surface area contributed by atoms with E-state index < -0.39 is 0 Å². The molecule has 3 N–H and O–H groups in total. The van der Waals surface area contributed by atoms with Crippen molar-refractivity contribution in [2.24, 2.45) is 5.84 Å². The van der Waals surface area contributed by atoms with Gasteiger partial charge in [0.05, 0.1) is 25.4 Å². The minimum Gasteiger partial charge on any atom is -0.491 e. The Labute approximate surface area is 126 Å². The van der Waals surface area contributed by atoms with Crippen molar-refractivity contribution in [1.29, 1.82) is 0 Å². The minimum atomic E-state index is -0.105. The normalized spacial score (nSPS) is 21.2. The van der Waals surface area contributed by atoms with Gasteiger partial charge in [0.1, 0.15) is 12.4 Å². The molecule has 1 aromatic rings. The first-order chi connectivity index (χ1) is 10.3. The van der Waals surface area contributed by atoms with Crippen molar-refractivity contribution in [2.75, 3.05) is 47.1 Å². The van der Waals surface area contributed by atoms with Crippen LogP contribution in [0.25, 0.3) is 0 Å². The van der Waals surface area contributed by atoms with Gasteiger partial charge in [-0.3, -0.25) is 11.3 Å². The summed E-state index contributed by atoms with van der Waals surface area (Å²) in [5.41, 5.74) is 3.89. The van der Waals surface area contributed by atoms with Gasteiger partial charge in [-0.1, -0.05) is 18.2 Å². The molecule has 0 saturated carbocycles. The second kappa shape index (κ2) is 8.31. The first kappa shape index (κ1) is 16.2. The largest absolute Gasteiger partial charge is 0.491 e. The monoisotopic (exact) mass is 295 g/mol. The van der Waals surface area contributed by atoms with Gasteiger partial charge in [0.15, 0.2) is 0 Å². The Morgan fingerprint density at radius 3 is 2.95 bits per heavy atom. The van der Waals surface area contributed by atoms with Crippen molar-refractivity contribution in [2.45, 2.75) is 12.1 Å². The van der Waals surface area contributed by atoms with Crippen molar-refractivity contribution in [3.05, 3.63) is 29.8 Å². The fraction of sp³-hybridized carbons (Fsp3) is 0.600. The van der Waals surface area contributed by atoms with E-state index in [0.717, 1.165) is 24.4 Å². The number of nitrogens with one attached hydrogen (secondary N) is 1. The molecule has 1 saturated heterocycles. The number of nitrogens with zero attached hydrogens (tertiary/aromatic N) is 1. The van der Waals surface area contributed by atoms with Crippen LogP contribution >= 0.6 is 0 Å². The molecule has 1 heterocycles. The van der Waals surface area contributed by atoms with Gasteiger partial charge in [0, 0.05) is 25.8 Å². The van der Waals surface area contributed by atoms with E-state index in [9.17, 15) is 0 Å². The van der Waals surface area contributed by atoms with Crippen molar-refractivity contribution < 1.29 is 14.2 Å². The van der Waals surface area contributed by atoms with Gasteiger partial charge in [-0.25, -0.2) is 0 Å². The SMILES string of the molecule is COCCOc1ccccc1C(NN)C1CN(C)CCO1. The highest BCUT2D eigenvalue weighted by Gasteiger charge is 2.29. The molecule has 6 nitrogen and oxygen atoms in total. The third-order valence-corrected chi connectivity index (χ3v) is 3.65. The lowest BCUT2D eigenvalue weighted by Crippen LogP contribution is -2.48. The van der Waals surface area contributed by atoms with Crippen molar-refractivity contribution >= 4 is 0 Å².